The van der Waals surface area contributed by atoms with E-state index in [1.54, 1.807) is 24.3 Å². The van der Waals surface area contributed by atoms with Gasteiger partial charge in [-0.25, -0.2) is 0 Å². The van der Waals surface area contributed by atoms with E-state index < -0.39 is 25.9 Å². The molecule has 3 rings (SSSR count). The second-order valence-electron chi connectivity index (χ2n) is 5.38. The van der Waals surface area contributed by atoms with Gasteiger partial charge in [-0.15, -0.1) is 0 Å². The van der Waals surface area contributed by atoms with Crippen LogP contribution in [0.1, 0.15) is 10.4 Å². The first-order chi connectivity index (χ1) is 12.3. The number of fused-ring (bicyclic) bond motifs is 1. The van der Waals surface area contributed by atoms with Crippen LogP contribution in [0.2, 0.25) is 0 Å². The minimum atomic E-state index is -5.23. The van der Waals surface area contributed by atoms with Crippen LogP contribution in [0.4, 0.5) is 11.4 Å². The van der Waals surface area contributed by atoms with Crippen LogP contribution in [-0.2, 0) is 3.74 Å². The maximum atomic E-state index is 11.6. The molecule has 0 amide bonds. The number of aromatic carboxylic acids is 1. The Morgan fingerprint density at radius 3 is 2.31 bits per heavy atom. The number of hydrogen-bond acceptors (Lipinski definition) is 5. The van der Waals surface area contributed by atoms with E-state index in [1.807, 2.05) is 0 Å². The molecule has 132 valence electrons. The number of carboxylic acids is 1. The zero-order valence-corrected chi connectivity index (χ0v) is 15.0. The Morgan fingerprint density at radius 1 is 0.962 bits per heavy atom. The first kappa shape index (κ1) is 17.9. The van der Waals surface area contributed by atoms with E-state index in [-0.39, 0.29) is 21.3 Å². The van der Waals surface area contributed by atoms with Crippen molar-refractivity contribution in [3.05, 3.63) is 60.2 Å². The van der Waals surface area contributed by atoms with E-state index in [4.69, 9.17) is 0 Å². The first-order valence-electron chi connectivity index (χ1n) is 7.34. The normalized spacial score (nSPS) is 11.9. The van der Waals surface area contributed by atoms with Gasteiger partial charge in [-0.05, 0) is 0 Å². The molecular formula is C17H13AsN2O6. The van der Waals surface area contributed by atoms with Gasteiger partial charge in [0, 0.05) is 0 Å². The summed E-state index contributed by atoms with van der Waals surface area (Å²) in [6, 6.07) is 13.6. The third kappa shape index (κ3) is 3.38. The van der Waals surface area contributed by atoms with Gasteiger partial charge in [0.1, 0.15) is 0 Å². The second kappa shape index (κ2) is 6.76. The van der Waals surface area contributed by atoms with Crippen molar-refractivity contribution >= 4 is 46.6 Å². The van der Waals surface area contributed by atoms with Crippen LogP contribution in [0.25, 0.3) is 10.8 Å². The Balaban J connectivity index is 2.21. The van der Waals surface area contributed by atoms with Gasteiger partial charge in [0.2, 0.25) is 0 Å². The molecule has 8 nitrogen and oxygen atoms in total. The summed E-state index contributed by atoms with van der Waals surface area (Å²) in [5.41, 5.74) is -0.484. The molecule has 0 heterocycles. The molecule has 0 aliphatic rings. The van der Waals surface area contributed by atoms with Gasteiger partial charge in [0.25, 0.3) is 0 Å². The molecule has 0 unspecified atom stereocenters. The molecule has 0 spiro atoms. The summed E-state index contributed by atoms with van der Waals surface area (Å²) in [4.78, 5) is 11.3. The molecule has 4 N–H and O–H groups in total. The van der Waals surface area contributed by atoms with Crippen molar-refractivity contribution in [2.45, 2.75) is 0 Å². The summed E-state index contributed by atoms with van der Waals surface area (Å²) >= 11 is -5.23. The molecule has 0 saturated heterocycles. The average Bonchev–Trinajstić information content (AvgIpc) is 2.59. The van der Waals surface area contributed by atoms with Crippen LogP contribution in [0.3, 0.4) is 0 Å². The third-order valence-electron chi connectivity index (χ3n) is 3.68. The zero-order valence-electron chi connectivity index (χ0n) is 13.1. The molecule has 0 aliphatic carbocycles. The SMILES string of the molecule is O=C(O)c1cc2ccccc2c(N=Nc2ccccc2[As](=O)(O)O)c1O. The standard InChI is InChI=1S/C17H13AsN2O6/c21-16-12(17(22)23)9-10-5-1-2-6-11(10)15(16)20-19-14-8-4-3-7-13(14)18(24,25)26/h1-9,21H,(H,22,23)(H2,24,25,26). The summed E-state index contributed by atoms with van der Waals surface area (Å²) < 4.78 is 30.3. The van der Waals surface area contributed by atoms with E-state index in [9.17, 15) is 26.9 Å². The fraction of sp³-hybridized carbons (Fsp3) is 0. The Hall–Kier alpha value is -2.93. The molecule has 0 atom stereocenters. The van der Waals surface area contributed by atoms with Crippen molar-refractivity contribution in [1.29, 1.82) is 0 Å². The van der Waals surface area contributed by atoms with Gasteiger partial charge in [-0.1, -0.05) is 0 Å². The zero-order chi connectivity index (χ0) is 18.9. The van der Waals surface area contributed by atoms with Crippen molar-refractivity contribution < 1.29 is 26.9 Å². The van der Waals surface area contributed by atoms with Crippen LogP contribution in [0.15, 0.2) is 64.8 Å². The summed E-state index contributed by atoms with van der Waals surface area (Å²) in [7, 11) is 0. The van der Waals surface area contributed by atoms with Crippen molar-refractivity contribution in [1.82, 2.24) is 0 Å². The molecule has 3 aromatic rings. The number of phenols is 1. The fourth-order valence-electron chi connectivity index (χ4n) is 2.48. The summed E-state index contributed by atoms with van der Waals surface area (Å²) in [6.07, 6.45) is 0. The molecule has 0 bridgehead atoms. The molecule has 0 aliphatic heterocycles. The van der Waals surface area contributed by atoms with Crippen molar-refractivity contribution in [2.24, 2.45) is 10.2 Å². The quantitative estimate of drug-likeness (QED) is 0.380. The van der Waals surface area contributed by atoms with Gasteiger partial charge >= 0.3 is 150 Å². The van der Waals surface area contributed by atoms with Crippen molar-refractivity contribution in [3.63, 3.8) is 0 Å². The Bertz CT molecular complexity index is 1090. The van der Waals surface area contributed by atoms with E-state index in [0.29, 0.717) is 10.8 Å². The van der Waals surface area contributed by atoms with Crippen LogP contribution >= 0.6 is 0 Å². The summed E-state index contributed by atoms with van der Waals surface area (Å²) in [6.45, 7) is 0. The van der Waals surface area contributed by atoms with Gasteiger partial charge in [0.05, 0.1) is 0 Å². The first-order valence-corrected chi connectivity index (χ1v) is 10.7. The number of benzene rings is 3. The van der Waals surface area contributed by atoms with E-state index in [2.05, 4.69) is 10.2 Å². The van der Waals surface area contributed by atoms with Gasteiger partial charge in [0.15, 0.2) is 0 Å². The maximum absolute atomic E-state index is 11.6. The number of azo groups is 1. The average molecular weight is 416 g/mol. The fourth-order valence-corrected chi connectivity index (χ4v) is 3.95. The Morgan fingerprint density at radius 2 is 1.62 bits per heavy atom. The monoisotopic (exact) mass is 416 g/mol. The predicted molar refractivity (Wildman–Crippen MR) is 93.7 cm³/mol. The molecule has 26 heavy (non-hydrogen) atoms. The number of carboxylic acid groups (broad SMARTS) is 1. The number of hydrogen-bond donors (Lipinski definition) is 4. The van der Waals surface area contributed by atoms with Crippen LogP contribution < -0.4 is 4.35 Å². The molecular weight excluding hydrogens is 403 g/mol. The van der Waals surface area contributed by atoms with Crippen LogP contribution in [0, 0.1) is 0 Å². The van der Waals surface area contributed by atoms with Gasteiger partial charge < -0.3 is 0 Å². The number of carbonyl (C=O) groups is 1. The summed E-state index contributed by atoms with van der Waals surface area (Å²) in [5, 5.41) is 28.3. The number of nitrogens with zero attached hydrogens (tertiary/aromatic N) is 2. The number of aromatic hydroxyl groups is 1. The van der Waals surface area contributed by atoms with Crippen molar-refractivity contribution in [2.75, 3.05) is 0 Å². The van der Waals surface area contributed by atoms with Crippen molar-refractivity contribution in [3.8, 4) is 5.75 Å². The van der Waals surface area contributed by atoms with Gasteiger partial charge in [-0.3, -0.25) is 0 Å². The molecule has 3 aromatic carbocycles. The second-order valence-corrected chi connectivity index (χ2v) is 8.67. The van der Waals surface area contributed by atoms with E-state index >= 15 is 0 Å². The van der Waals surface area contributed by atoms with Crippen LogP contribution in [0.5, 0.6) is 5.75 Å². The Kier molecular flexibility index (Phi) is 4.65. The topological polar surface area (TPSA) is 140 Å². The molecule has 0 saturated carbocycles. The van der Waals surface area contributed by atoms with E-state index in [0.717, 1.165) is 0 Å². The third-order valence-corrected chi connectivity index (χ3v) is 5.79. The Labute approximate surface area is 150 Å². The molecule has 0 radical (unpaired) electrons. The van der Waals surface area contributed by atoms with Gasteiger partial charge in [-0.2, -0.15) is 0 Å². The molecule has 9 heteroatoms. The number of rotatable bonds is 4. The van der Waals surface area contributed by atoms with Crippen LogP contribution in [-0.4, -0.2) is 38.5 Å². The van der Waals surface area contributed by atoms with E-state index in [1.165, 1.54) is 30.3 Å². The summed E-state index contributed by atoms with van der Waals surface area (Å²) in [5.74, 6) is -1.90. The molecule has 0 aromatic heterocycles. The molecule has 0 fully saturated rings. The minimum absolute atomic E-state index is 0.0517. The predicted octanol–water partition coefficient (Wildman–Crippen LogP) is 2.22.